The minimum Gasteiger partial charge on any atom is -0.439 e. The van der Waals surface area contributed by atoms with Crippen molar-refractivity contribution < 1.29 is 14.3 Å². The lowest BCUT2D eigenvalue weighted by Crippen LogP contribution is -2.42. The molecule has 1 aromatic carbocycles. The first-order chi connectivity index (χ1) is 12.6. The molecule has 2 fully saturated rings. The number of rotatable bonds is 5. The topological polar surface area (TPSA) is 80.3 Å². The van der Waals surface area contributed by atoms with E-state index in [1.54, 1.807) is 36.4 Å². The van der Waals surface area contributed by atoms with Crippen LogP contribution in [0.1, 0.15) is 46.9 Å². The largest absolute Gasteiger partial charge is 0.439 e. The molecule has 0 aliphatic carbocycles. The van der Waals surface area contributed by atoms with Gasteiger partial charge in [0, 0.05) is 41.5 Å². The number of benzene rings is 1. The number of amides is 1. The molecule has 1 aromatic heterocycles. The third kappa shape index (κ3) is 3.46. The highest BCUT2D eigenvalue weighted by atomic mass is 16.5. The van der Waals surface area contributed by atoms with Crippen molar-refractivity contribution in [2.45, 2.75) is 44.3 Å². The van der Waals surface area contributed by atoms with Crippen LogP contribution < -0.4 is 15.4 Å². The predicted octanol–water partition coefficient (Wildman–Crippen LogP) is 2.70. The fraction of sp³-hybridized carbons (Fsp3) is 0.350. The molecule has 3 heterocycles. The molecule has 2 aliphatic rings. The standard InChI is InChI=1S/C20H21N3O3/c1-12(24)14-4-9-19(21-11-14)26-16-6-2-13(3-7-16)20(25)23-18-10-15-5-8-17(18)22-15/h2-4,6-7,9,11,15,17-18,22H,5,8,10H2,1H3,(H,23,25). The molecule has 3 atom stereocenters. The van der Waals surface area contributed by atoms with Crippen molar-refractivity contribution in [3.8, 4) is 11.6 Å². The van der Waals surface area contributed by atoms with Gasteiger partial charge in [0.2, 0.25) is 5.88 Å². The van der Waals surface area contributed by atoms with E-state index in [4.69, 9.17) is 4.74 Å². The third-order valence-corrected chi connectivity index (χ3v) is 5.10. The lowest BCUT2D eigenvalue weighted by molar-refractivity contribution is 0.0930. The number of carbonyl (C=O) groups is 2. The molecule has 3 unspecified atom stereocenters. The number of aromatic nitrogens is 1. The van der Waals surface area contributed by atoms with E-state index in [2.05, 4.69) is 15.6 Å². The summed E-state index contributed by atoms with van der Waals surface area (Å²) in [6.07, 6.45) is 4.85. The Kier molecular flexibility index (Phi) is 4.42. The monoisotopic (exact) mass is 351 g/mol. The van der Waals surface area contributed by atoms with Crippen LogP contribution in [0.4, 0.5) is 0 Å². The number of nitrogens with zero attached hydrogens (tertiary/aromatic N) is 1. The van der Waals surface area contributed by atoms with Gasteiger partial charge in [0.15, 0.2) is 5.78 Å². The van der Waals surface area contributed by atoms with E-state index in [0.29, 0.717) is 34.8 Å². The van der Waals surface area contributed by atoms with Gasteiger partial charge in [0.1, 0.15) is 5.75 Å². The highest BCUT2D eigenvalue weighted by Crippen LogP contribution is 2.28. The van der Waals surface area contributed by atoms with Crippen molar-refractivity contribution in [2.24, 2.45) is 0 Å². The third-order valence-electron chi connectivity index (χ3n) is 5.10. The quantitative estimate of drug-likeness (QED) is 0.810. The first-order valence-electron chi connectivity index (χ1n) is 8.90. The molecule has 2 saturated heterocycles. The van der Waals surface area contributed by atoms with Gasteiger partial charge in [0.25, 0.3) is 5.91 Å². The van der Waals surface area contributed by atoms with Gasteiger partial charge in [-0.3, -0.25) is 9.59 Å². The van der Waals surface area contributed by atoms with Gasteiger partial charge in [-0.1, -0.05) is 0 Å². The Hall–Kier alpha value is -2.73. The molecule has 134 valence electrons. The van der Waals surface area contributed by atoms with Gasteiger partial charge in [-0.15, -0.1) is 0 Å². The molecule has 0 spiro atoms. The van der Waals surface area contributed by atoms with Crippen LogP contribution in [-0.4, -0.2) is 34.8 Å². The van der Waals surface area contributed by atoms with Crippen LogP contribution in [0.25, 0.3) is 0 Å². The minimum atomic E-state index is -0.0557. The number of fused-ring (bicyclic) bond motifs is 2. The van der Waals surface area contributed by atoms with Crippen LogP contribution in [0.3, 0.4) is 0 Å². The number of pyridine rings is 1. The average molecular weight is 351 g/mol. The Morgan fingerprint density at radius 2 is 1.88 bits per heavy atom. The van der Waals surface area contributed by atoms with Gasteiger partial charge in [-0.25, -0.2) is 4.98 Å². The van der Waals surface area contributed by atoms with Crippen LogP contribution in [0.15, 0.2) is 42.6 Å². The summed E-state index contributed by atoms with van der Waals surface area (Å²) in [4.78, 5) is 27.8. The molecule has 26 heavy (non-hydrogen) atoms. The molecule has 6 heteroatoms. The Labute approximate surface area is 152 Å². The summed E-state index contributed by atoms with van der Waals surface area (Å²) in [5, 5.41) is 6.65. The summed E-state index contributed by atoms with van der Waals surface area (Å²) in [7, 11) is 0. The average Bonchev–Trinajstić information content (AvgIpc) is 3.26. The Morgan fingerprint density at radius 1 is 1.12 bits per heavy atom. The molecular weight excluding hydrogens is 330 g/mol. The van der Waals surface area contributed by atoms with Gasteiger partial charge >= 0.3 is 0 Å². The van der Waals surface area contributed by atoms with Gasteiger partial charge in [0.05, 0.1) is 0 Å². The molecule has 2 aliphatic heterocycles. The number of ketones is 1. The van der Waals surface area contributed by atoms with E-state index in [0.717, 1.165) is 12.8 Å². The zero-order valence-corrected chi connectivity index (χ0v) is 14.6. The van der Waals surface area contributed by atoms with Crippen LogP contribution in [0, 0.1) is 0 Å². The zero-order valence-electron chi connectivity index (χ0n) is 14.6. The number of hydrogen-bond acceptors (Lipinski definition) is 5. The van der Waals surface area contributed by atoms with Crippen molar-refractivity contribution in [3.05, 3.63) is 53.7 Å². The minimum absolute atomic E-state index is 0.0369. The number of Topliss-reactive ketones (excluding diaryl/α,β-unsaturated/α-hetero) is 1. The van der Waals surface area contributed by atoms with Gasteiger partial charge < -0.3 is 15.4 Å². The molecule has 4 rings (SSSR count). The number of nitrogens with one attached hydrogen (secondary N) is 2. The molecule has 6 nitrogen and oxygen atoms in total. The molecule has 0 saturated carbocycles. The summed E-state index contributed by atoms with van der Waals surface area (Å²) < 4.78 is 5.66. The van der Waals surface area contributed by atoms with Crippen LogP contribution in [0.5, 0.6) is 11.6 Å². The molecule has 2 N–H and O–H groups in total. The Bertz CT molecular complexity index is 817. The van der Waals surface area contributed by atoms with E-state index in [-0.39, 0.29) is 17.7 Å². The number of hydrogen-bond donors (Lipinski definition) is 2. The summed E-state index contributed by atoms with van der Waals surface area (Å²) in [6.45, 7) is 1.49. The second-order valence-electron chi connectivity index (χ2n) is 6.93. The second-order valence-corrected chi connectivity index (χ2v) is 6.93. The predicted molar refractivity (Wildman–Crippen MR) is 96.6 cm³/mol. The lowest BCUT2D eigenvalue weighted by Gasteiger charge is -2.21. The Balaban J connectivity index is 1.37. The first-order valence-corrected chi connectivity index (χ1v) is 8.90. The van der Waals surface area contributed by atoms with Crippen molar-refractivity contribution in [1.82, 2.24) is 15.6 Å². The maximum absolute atomic E-state index is 12.4. The van der Waals surface area contributed by atoms with Crippen LogP contribution in [0.2, 0.25) is 0 Å². The fourth-order valence-electron chi connectivity index (χ4n) is 3.68. The maximum atomic E-state index is 12.4. The molecule has 0 radical (unpaired) electrons. The maximum Gasteiger partial charge on any atom is 0.251 e. The van der Waals surface area contributed by atoms with Crippen LogP contribution >= 0.6 is 0 Å². The highest BCUT2D eigenvalue weighted by Gasteiger charge is 2.39. The van der Waals surface area contributed by atoms with E-state index in [9.17, 15) is 9.59 Å². The Morgan fingerprint density at radius 3 is 2.46 bits per heavy atom. The molecule has 2 aromatic rings. The smallest absolute Gasteiger partial charge is 0.251 e. The lowest BCUT2D eigenvalue weighted by atomic mass is 9.95. The highest BCUT2D eigenvalue weighted by molar-refractivity contribution is 5.94. The van der Waals surface area contributed by atoms with E-state index in [1.165, 1.54) is 19.5 Å². The second kappa shape index (κ2) is 6.88. The van der Waals surface area contributed by atoms with E-state index < -0.39 is 0 Å². The normalized spacial score (nSPS) is 23.7. The van der Waals surface area contributed by atoms with Gasteiger partial charge in [-0.2, -0.15) is 0 Å². The van der Waals surface area contributed by atoms with Crippen molar-refractivity contribution in [1.29, 1.82) is 0 Å². The zero-order chi connectivity index (χ0) is 18.1. The van der Waals surface area contributed by atoms with Crippen molar-refractivity contribution in [3.63, 3.8) is 0 Å². The molecule has 1 amide bonds. The summed E-state index contributed by atoms with van der Waals surface area (Å²) in [5.41, 5.74) is 1.15. The van der Waals surface area contributed by atoms with Gasteiger partial charge in [-0.05, 0) is 56.5 Å². The number of ether oxygens (including phenoxy) is 1. The molecule has 2 bridgehead atoms. The molecular formula is C20H21N3O3. The SMILES string of the molecule is CC(=O)c1ccc(Oc2ccc(C(=O)NC3CC4CCC3N4)cc2)nc1. The summed E-state index contributed by atoms with van der Waals surface area (Å²) >= 11 is 0. The van der Waals surface area contributed by atoms with Crippen molar-refractivity contribution >= 4 is 11.7 Å². The van der Waals surface area contributed by atoms with Crippen LogP contribution in [-0.2, 0) is 0 Å². The summed E-state index contributed by atoms with van der Waals surface area (Å²) in [5.74, 6) is 0.899. The van der Waals surface area contributed by atoms with E-state index in [1.807, 2.05) is 0 Å². The van der Waals surface area contributed by atoms with Crippen molar-refractivity contribution in [2.75, 3.05) is 0 Å². The number of carbonyl (C=O) groups excluding carboxylic acids is 2. The fourth-order valence-corrected chi connectivity index (χ4v) is 3.68. The first kappa shape index (κ1) is 16.7. The van der Waals surface area contributed by atoms with E-state index >= 15 is 0 Å². The summed E-state index contributed by atoms with van der Waals surface area (Å²) in [6, 6.07) is 11.5.